The summed E-state index contributed by atoms with van der Waals surface area (Å²) in [6.45, 7) is 3.45. The van der Waals surface area contributed by atoms with Crippen molar-refractivity contribution >= 4 is 10.1 Å². The topological polar surface area (TPSA) is 54.4 Å². The Kier molecular flexibility index (Phi) is 5.34. The molecule has 4 heteroatoms. The molecule has 0 radical (unpaired) electrons. The van der Waals surface area contributed by atoms with Crippen LogP contribution in [-0.4, -0.2) is 18.7 Å². The second-order valence-corrected chi connectivity index (χ2v) is 4.27. The molecule has 0 saturated heterocycles. The number of hydrogen-bond acceptors (Lipinski definition) is 2. The highest BCUT2D eigenvalue weighted by molar-refractivity contribution is 7.85. The molecule has 0 aromatic heterocycles. The molecule has 1 aromatic carbocycles. The molecule has 0 aliphatic rings. The van der Waals surface area contributed by atoms with Crippen LogP contribution in [0, 0.1) is 6.92 Å². The van der Waals surface area contributed by atoms with Gasteiger partial charge in [0.2, 0.25) is 0 Å². The van der Waals surface area contributed by atoms with Crippen LogP contribution in [0.4, 0.5) is 0 Å². The fraction of sp³-hybridized carbons (Fsp3) is 0.333. The number of aryl methyl sites for hydroxylation is 1. The summed E-state index contributed by atoms with van der Waals surface area (Å²) in [5.41, 5.74) is 1.32. The lowest BCUT2D eigenvalue weighted by atomic mass is 10.2. The summed E-state index contributed by atoms with van der Waals surface area (Å²) >= 11 is 0. The minimum atomic E-state index is -3.66. The molecule has 0 amide bonds. The number of benzene rings is 1. The van der Waals surface area contributed by atoms with Crippen LogP contribution >= 0.6 is 0 Å². The van der Waals surface area contributed by atoms with Crippen molar-refractivity contribution in [1.82, 2.24) is 0 Å². The summed E-state index contributed by atoms with van der Waals surface area (Å²) in [5, 5.41) is 0. The van der Waals surface area contributed by atoms with Gasteiger partial charge in [0.15, 0.2) is 0 Å². The van der Waals surface area contributed by atoms with Gasteiger partial charge < -0.3 is 0 Å². The van der Waals surface area contributed by atoms with Gasteiger partial charge >= 0.3 is 0 Å². The molecule has 3 nitrogen and oxygen atoms in total. The summed E-state index contributed by atoms with van der Waals surface area (Å²) in [4.78, 5) is 0. The minimum Gasteiger partial charge on any atom is -0.286 e. The van der Waals surface area contributed by atoms with Crippen molar-refractivity contribution in [3.8, 4) is 0 Å². The van der Waals surface area contributed by atoms with E-state index in [2.05, 4.69) is 19.1 Å². The number of hydrogen-bond donors (Lipinski definition) is 1. The van der Waals surface area contributed by atoms with E-state index in [0.717, 1.165) is 0 Å². The highest BCUT2D eigenvalue weighted by atomic mass is 32.2. The molecule has 0 atom stereocenters. The predicted molar refractivity (Wildman–Crippen MR) is 53.3 cm³/mol. The third-order valence-corrected chi connectivity index (χ3v) is 2.03. The van der Waals surface area contributed by atoms with E-state index in [1.165, 1.54) is 12.5 Å². The van der Waals surface area contributed by atoms with Crippen LogP contribution in [0.5, 0.6) is 0 Å². The zero-order chi connectivity index (χ0) is 10.3. The molecule has 0 aliphatic heterocycles. The lowest BCUT2D eigenvalue weighted by Gasteiger charge is -1.82. The first kappa shape index (κ1) is 12.1. The second kappa shape index (κ2) is 5.72. The van der Waals surface area contributed by atoms with Crippen LogP contribution in [0.1, 0.15) is 12.5 Å². The Morgan fingerprint density at radius 1 is 1.23 bits per heavy atom. The van der Waals surface area contributed by atoms with Gasteiger partial charge in [-0.15, -0.1) is 0 Å². The molecule has 0 heterocycles. The zero-order valence-corrected chi connectivity index (χ0v) is 8.58. The Bertz CT molecular complexity index is 316. The Morgan fingerprint density at radius 2 is 1.62 bits per heavy atom. The smallest absolute Gasteiger partial charge is 0.264 e. The molecule has 1 N–H and O–H groups in total. The van der Waals surface area contributed by atoms with Gasteiger partial charge in [-0.25, -0.2) is 0 Å². The highest BCUT2D eigenvalue weighted by Crippen LogP contribution is 1.92. The zero-order valence-electron chi connectivity index (χ0n) is 7.77. The van der Waals surface area contributed by atoms with Gasteiger partial charge in [0, 0.05) is 0 Å². The van der Waals surface area contributed by atoms with Crippen molar-refractivity contribution in [2.45, 2.75) is 13.8 Å². The highest BCUT2D eigenvalue weighted by Gasteiger charge is 1.93. The van der Waals surface area contributed by atoms with Crippen LogP contribution in [0.15, 0.2) is 30.3 Å². The summed E-state index contributed by atoms with van der Waals surface area (Å²) in [6, 6.07) is 10.3. The summed E-state index contributed by atoms with van der Waals surface area (Å²) in [7, 11) is -3.66. The first-order valence-electron chi connectivity index (χ1n) is 3.92. The van der Waals surface area contributed by atoms with Crippen molar-refractivity contribution in [1.29, 1.82) is 0 Å². The Hall–Kier alpha value is -0.870. The maximum absolute atomic E-state index is 9.56. The number of rotatable bonds is 1. The van der Waals surface area contributed by atoms with E-state index in [9.17, 15) is 8.42 Å². The quantitative estimate of drug-likeness (QED) is 0.707. The van der Waals surface area contributed by atoms with Crippen molar-refractivity contribution < 1.29 is 13.0 Å². The summed E-state index contributed by atoms with van der Waals surface area (Å²) in [6.07, 6.45) is 0. The van der Waals surface area contributed by atoms with Gasteiger partial charge in [0.05, 0.1) is 5.75 Å². The van der Waals surface area contributed by atoms with E-state index in [1.807, 2.05) is 18.2 Å². The average molecular weight is 202 g/mol. The molecular formula is C9H14O3S. The van der Waals surface area contributed by atoms with Crippen molar-refractivity contribution in [3.63, 3.8) is 0 Å². The molecule has 0 spiro atoms. The third kappa shape index (κ3) is 9.04. The van der Waals surface area contributed by atoms with Crippen LogP contribution in [0.3, 0.4) is 0 Å². The van der Waals surface area contributed by atoms with E-state index >= 15 is 0 Å². The first-order valence-corrected chi connectivity index (χ1v) is 5.53. The van der Waals surface area contributed by atoms with Gasteiger partial charge in [-0.05, 0) is 13.8 Å². The third-order valence-electron chi connectivity index (χ3n) is 1.31. The lowest BCUT2D eigenvalue weighted by molar-refractivity contribution is 0.484. The van der Waals surface area contributed by atoms with Gasteiger partial charge in [-0.1, -0.05) is 35.9 Å². The molecule has 13 heavy (non-hydrogen) atoms. The summed E-state index contributed by atoms with van der Waals surface area (Å²) in [5.74, 6) is -0.201. The van der Waals surface area contributed by atoms with Gasteiger partial charge in [0.25, 0.3) is 10.1 Å². The molecule has 1 rings (SSSR count). The maximum Gasteiger partial charge on any atom is 0.264 e. The fourth-order valence-corrected chi connectivity index (χ4v) is 0.534. The monoisotopic (exact) mass is 202 g/mol. The molecule has 0 aliphatic carbocycles. The minimum absolute atomic E-state index is 0.201. The largest absolute Gasteiger partial charge is 0.286 e. The molecular weight excluding hydrogens is 188 g/mol. The van der Waals surface area contributed by atoms with Crippen molar-refractivity contribution in [2.24, 2.45) is 0 Å². The molecule has 74 valence electrons. The molecule has 0 unspecified atom stereocenters. The van der Waals surface area contributed by atoms with E-state index in [-0.39, 0.29) is 5.75 Å². The van der Waals surface area contributed by atoms with Gasteiger partial charge in [0.1, 0.15) is 0 Å². The van der Waals surface area contributed by atoms with Crippen LogP contribution in [0.2, 0.25) is 0 Å². The van der Waals surface area contributed by atoms with Gasteiger partial charge in [-0.3, -0.25) is 4.55 Å². The molecule has 0 saturated carbocycles. The molecule has 0 bridgehead atoms. The van der Waals surface area contributed by atoms with Crippen molar-refractivity contribution in [2.75, 3.05) is 5.75 Å². The van der Waals surface area contributed by atoms with Crippen LogP contribution in [-0.2, 0) is 10.1 Å². The first-order chi connectivity index (χ1) is 5.95. The SMILES string of the molecule is CCS(=O)(=O)O.Cc1ccccc1. The van der Waals surface area contributed by atoms with Crippen LogP contribution < -0.4 is 0 Å². The van der Waals surface area contributed by atoms with E-state index < -0.39 is 10.1 Å². The Labute approximate surface area is 79.2 Å². The van der Waals surface area contributed by atoms with E-state index in [0.29, 0.717) is 0 Å². The normalized spacial score (nSPS) is 10.1. The fourth-order valence-electron chi connectivity index (χ4n) is 0.534. The summed E-state index contributed by atoms with van der Waals surface area (Å²) < 4.78 is 26.9. The molecule has 0 fully saturated rings. The Morgan fingerprint density at radius 3 is 1.77 bits per heavy atom. The van der Waals surface area contributed by atoms with E-state index in [1.54, 1.807) is 0 Å². The van der Waals surface area contributed by atoms with E-state index in [4.69, 9.17) is 4.55 Å². The standard InChI is InChI=1S/C7H8.C2H6O3S/c1-7-5-3-2-4-6-7;1-2-6(3,4)5/h2-6H,1H3;2H2,1H3,(H,3,4,5). The van der Waals surface area contributed by atoms with Crippen LogP contribution in [0.25, 0.3) is 0 Å². The predicted octanol–water partition coefficient (Wildman–Crippen LogP) is 1.89. The van der Waals surface area contributed by atoms with Gasteiger partial charge in [-0.2, -0.15) is 8.42 Å². The molecule has 1 aromatic rings. The average Bonchev–Trinajstić information content (AvgIpc) is 2.06. The maximum atomic E-state index is 9.56. The van der Waals surface area contributed by atoms with Crippen molar-refractivity contribution in [3.05, 3.63) is 35.9 Å². The second-order valence-electron chi connectivity index (χ2n) is 2.53. The lowest BCUT2D eigenvalue weighted by Crippen LogP contribution is -1.97. The Balaban J connectivity index is 0.000000226.